The second-order valence-corrected chi connectivity index (χ2v) is 3.85. The van der Waals surface area contributed by atoms with Crippen LogP contribution in [0.4, 0.5) is 4.39 Å². The molecular weight excluding hydrogens is 249 g/mol. The first-order chi connectivity index (χ1) is 9.10. The van der Waals surface area contributed by atoms with Crippen molar-refractivity contribution >= 4 is 12.0 Å². The Morgan fingerprint density at radius 2 is 2.26 bits per heavy atom. The van der Waals surface area contributed by atoms with E-state index in [4.69, 9.17) is 5.11 Å². The van der Waals surface area contributed by atoms with Crippen molar-refractivity contribution < 1.29 is 14.3 Å². The molecule has 0 saturated carbocycles. The van der Waals surface area contributed by atoms with E-state index in [1.807, 2.05) is 0 Å². The number of hydrogen-bond acceptors (Lipinski definition) is 3. The largest absolute Gasteiger partial charge is 0.478 e. The van der Waals surface area contributed by atoms with E-state index in [1.165, 1.54) is 22.9 Å². The third-order valence-electron chi connectivity index (χ3n) is 2.53. The van der Waals surface area contributed by atoms with E-state index in [0.717, 1.165) is 6.20 Å². The van der Waals surface area contributed by atoms with Gasteiger partial charge in [0.25, 0.3) is 0 Å². The highest BCUT2D eigenvalue weighted by Gasteiger charge is 2.06. The fourth-order valence-corrected chi connectivity index (χ4v) is 1.54. The van der Waals surface area contributed by atoms with Gasteiger partial charge >= 0.3 is 5.97 Å². The zero-order valence-corrected chi connectivity index (χ0v) is 10.2. The molecule has 19 heavy (non-hydrogen) atoms. The summed E-state index contributed by atoms with van der Waals surface area (Å²) in [5.74, 6) is -0.915. The van der Waals surface area contributed by atoms with E-state index >= 15 is 0 Å². The lowest BCUT2D eigenvalue weighted by molar-refractivity contribution is -0.132. The van der Waals surface area contributed by atoms with E-state index in [1.54, 1.807) is 19.2 Å². The second-order valence-electron chi connectivity index (χ2n) is 3.85. The molecule has 0 fully saturated rings. The molecule has 0 amide bonds. The first kappa shape index (κ1) is 12.9. The van der Waals surface area contributed by atoms with Crippen LogP contribution in [0.3, 0.4) is 0 Å². The van der Waals surface area contributed by atoms with Gasteiger partial charge in [0.05, 0.1) is 11.9 Å². The zero-order valence-electron chi connectivity index (χ0n) is 10.2. The summed E-state index contributed by atoms with van der Waals surface area (Å²) in [7, 11) is 0. The maximum atomic E-state index is 12.7. The number of carboxylic acid groups (broad SMARTS) is 1. The fourth-order valence-electron chi connectivity index (χ4n) is 1.54. The van der Waals surface area contributed by atoms with Crippen LogP contribution in [0.25, 0.3) is 11.9 Å². The van der Waals surface area contributed by atoms with Crippen molar-refractivity contribution in [2.75, 3.05) is 0 Å². The molecule has 0 aliphatic heterocycles. The van der Waals surface area contributed by atoms with Gasteiger partial charge in [0, 0.05) is 11.8 Å². The van der Waals surface area contributed by atoms with Crippen LogP contribution in [0.15, 0.2) is 36.2 Å². The van der Waals surface area contributed by atoms with E-state index in [9.17, 15) is 9.18 Å². The smallest absolute Gasteiger partial charge is 0.331 e. The molecule has 2 aromatic heterocycles. The molecule has 2 aromatic rings. The van der Waals surface area contributed by atoms with Crippen molar-refractivity contribution in [1.82, 2.24) is 14.8 Å². The Labute approximate surface area is 109 Å². The van der Waals surface area contributed by atoms with Crippen molar-refractivity contribution in [1.29, 1.82) is 0 Å². The number of nitrogens with zero attached hydrogens (tertiary/aromatic N) is 3. The standard InChI is InChI=1S/C13H12FN3O2/c1-2-9(13(18)19)7-11-5-6-17(16-11)12-4-3-10(14)8-15-12/h3-8H,2H2,1H3,(H,18,19)/b9-7+. The quantitative estimate of drug-likeness (QED) is 0.857. The summed E-state index contributed by atoms with van der Waals surface area (Å²) in [6.07, 6.45) is 4.65. The third-order valence-corrected chi connectivity index (χ3v) is 2.53. The Morgan fingerprint density at radius 1 is 1.47 bits per heavy atom. The highest BCUT2D eigenvalue weighted by atomic mass is 19.1. The van der Waals surface area contributed by atoms with Gasteiger partial charge in [-0.1, -0.05) is 6.92 Å². The SMILES string of the molecule is CC/C(=C\c1ccn(-c2ccc(F)cn2)n1)C(=O)O. The molecule has 5 nitrogen and oxygen atoms in total. The van der Waals surface area contributed by atoms with Crippen molar-refractivity contribution in [3.63, 3.8) is 0 Å². The molecule has 98 valence electrons. The van der Waals surface area contributed by atoms with Gasteiger partial charge in [0.2, 0.25) is 0 Å². The number of aromatic nitrogens is 3. The molecular formula is C13H12FN3O2. The summed E-state index contributed by atoms with van der Waals surface area (Å²) in [6, 6.07) is 4.45. The summed E-state index contributed by atoms with van der Waals surface area (Å²) >= 11 is 0. The minimum absolute atomic E-state index is 0.275. The van der Waals surface area contributed by atoms with Gasteiger partial charge < -0.3 is 5.11 Å². The van der Waals surface area contributed by atoms with Crippen LogP contribution in [-0.2, 0) is 4.79 Å². The molecule has 0 atom stereocenters. The monoisotopic (exact) mass is 261 g/mol. The average Bonchev–Trinajstić information content (AvgIpc) is 2.85. The van der Waals surface area contributed by atoms with Crippen LogP contribution < -0.4 is 0 Å². The van der Waals surface area contributed by atoms with E-state index in [2.05, 4.69) is 10.1 Å². The lowest BCUT2D eigenvalue weighted by Crippen LogP contribution is -2.00. The Kier molecular flexibility index (Phi) is 3.70. The van der Waals surface area contributed by atoms with E-state index in [0.29, 0.717) is 17.9 Å². The van der Waals surface area contributed by atoms with Crippen LogP contribution in [0, 0.1) is 5.82 Å². The number of hydrogen-bond donors (Lipinski definition) is 1. The molecule has 1 N–H and O–H groups in total. The molecule has 0 radical (unpaired) electrons. The van der Waals surface area contributed by atoms with Gasteiger partial charge in [0.15, 0.2) is 5.82 Å². The zero-order chi connectivity index (χ0) is 13.8. The predicted molar refractivity (Wildman–Crippen MR) is 67.2 cm³/mol. The summed E-state index contributed by atoms with van der Waals surface area (Å²) in [5.41, 5.74) is 0.794. The fraction of sp³-hybridized carbons (Fsp3) is 0.154. The summed E-state index contributed by atoms with van der Waals surface area (Å²) in [5, 5.41) is 13.1. The maximum absolute atomic E-state index is 12.7. The van der Waals surface area contributed by atoms with E-state index in [-0.39, 0.29) is 5.57 Å². The molecule has 0 aliphatic rings. The van der Waals surface area contributed by atoms with Crippen molar-refractivity contribution in [3.05, 3.63) is 47.7 Å². The third kappa shape index (κ3) is 3.04. The molecule has 0 unspecified atom stereocenters. The van der Waals surface area contributed by atoms with Gasteiger partial charge in [-0.3, -0.25) is 0 Å². The summed E-state index contributed by atoms with van der Waals surface area (Å²) in [6.45, 7) is 1.76. The summed E-state index contributed by atoms with van der Waals surface area (Å²) in [4.78, 5) is 14.8. The van der Waals surface area contributed by atoms with Gasteiger partial charge in [-0.2, -0.15) is 5.10 Å². The van der Waals surface area contributed by atoms with Crippen LogP contribution in [0.5, 0.6) is 0 Å². The normalized spacial score (nSPS) is 11.6. The van der Waals surface area contributed by atoms with Crippen molar-refractivity contribution in [2.24, 2.45) is 0 Å². The van der Waals surface area contributed by atoms with Crippen LogP contribution >= 0.6 is 0 Å². The molecule has 0 spiro atoms. The number of carbonyl (C=O) groups is 1. The predicted octanol–water partition coefficient (Wildman–Crippen LogP) is 2.28. The topological polar surface area (TPSA) is 68.0 Å². The summed E-state index contributed by atoms with van der Waals surface area (Å²) < 4.78 is 14.2. The number of carboxylic acids is 1. The molecule has 0 aromatic carbocycles. The Morgan fingerprint density at radius 3 is 2.84 bits per heavy atom. The Balaban J connectivity index is 2.29. The highest BCUT2D eigenvalue weighted by molar-refractivity contribution is 5.91. The minimum atomic E-state index is -0.961. The molecule has 0 saturated heterocycles. The van der Waals surface area contributed by atoms with Gasteiger partial charge in [0.1, 0.15) is 5.82 Å². The molecule has 2 heterocycles. The number of rotatable bonds is 4. The van der Waals surface area contributed by atoms with Gasteiger partial charge in [-0.25, -0.2) is 18.9 Å². The average molecular weight is 261 g/mol. The maximum Gasteiger partial charge on any atom is 0.331 e. The van der Waals surface area contributed by atoms with Crippen LogP contribution in [0.1, 0.15) is 19.0 Å². The molecule has 6 heteroatoms. The van der Waals surface area contributed by atoms with E-state index < -0.39 is 11.8 Å². The number of aliphatic carboxylic acids is 1. The highest BCUT2D eigenvalue weighted by Crippen LogP contribution is 2.10. The van der Waals surface area contributed by atoms with Crippen molar-refractivity contribution in [3.8, 4) is 5.82 Å². The first-order valence-electron chi connectivity index (χ1n) is 5.71. The van der Waals surface area contributed by atoms with Crippen molar-refractivity contribution in [2.45, 2.75) is 13.3 Å². The lowest BCUT2D eigenvalue weighted by Gasteiger charge is -1.99. The Bertz CT molecular complexity index is 617. The first-order valence-corrected chi connectivity index (χ1v) is 5.71. The Hall–Kier alpha value is -2.50. The van der Waals surface area contributed by atoms with Crippen LogP contribution in [-0.4, -0.2) is 25.8 Å². The molecule has 2 rings (SSSR count). The minimum Gasteiger partial charge on any atom is -0.478 e. The van der Waals surface area contributed by atoms with Gasteiger partial charge in [-0.15, -0.1) is 0 Å². The molecule has 0 bridgehead atoms. The second kappa shape index (κ2) is 5.43. The lowest BCUT2D eigenvalue weighted by atomic mass is 10.2. The number of halogens is 1. The molecule has 0 aliphatic carbocycles. The van der Waals surface area contributed by atoms with Gasteiger partial charge in [-0.05, 0) is 30.7 Å². The van der Waals surface area contributed by atoms with Crippen LogP contribution in [0.2, 0.25) is 0 Å². The number of pyridine rings is 1.